The fourth-order valence-corrected chi connectivity index (χ4v) is 7.25. The molecule has 0 radical (unpaired) electrons. The largest absolute Gasteiger partial charge is 0.492 e. The number of carbonyl (C=O) groups excluding carboxylic acids is 2. The minimum absolute atomic E-state index is 0.210. The molecule has 0 atom stereocenters. The SMILES string of the molecule is CC(C)(C)c1cc(NC(=O)Nc2ccc(Oc3ccnc(Nc4ccc5c(c4)CC(=O)C5(C)C)n3)c3ccccc23)n(-c2ccc(OCCN3CCOCC3)cc2)n1. The van der Waals surface area contributed by atoms with Gasteiger partial charge in [-0.3, -0.25) is 15.0 Å². The summed E-state index contributed by atoms with van der Waals surface area (Å²) in [5, 5.41) is 15.8. The van der Waals surface area contributed by atoms with Gasteiger partial charge in [0.05, 0.1) is 30.3 Å². The zero-order chi connectivity index (χ0) is 40.4. The molecule has 4 aromatic carbocycles. The van der Waals surface area contributed by atoms with E-state index in [-0.39, 0.29) is 11.2 Å². The van der Waals surface area contributed by atoms with Crippen molar-refractivity contribution in [3.63, 3.8) is 0 Å². The minimum atomic E-state index is -0.483. The van der Waals surface area contributed by atoms with Gasteiger partial charge < -0.3 is 24.8 Å². The number of rotatable bonds is 11. The Morgan fingerprint density at radius 3 is 2.47 bits per heavy atom. The number of Topliss-reactive ketones (excluding diaryl/α,β-unsaturated/α-hetero) is 1. The first-order chi connectivity index (χ1) is 27.9. The molecule has 1 fully saturated rings. The van der Waals surface area contributed by atoms with Gasteiger partial charge in [-0.25, -0.2) is 14.5 Å². The van der Waals surface area contributed by atoms with Crippen LogP contribution in [0.4, 0.5) is 27.9 Å². The van der Waals surface area contributed by atoms with Gasteiger partial charge >= 0.3 is 6.03 Å². The molecule has 13 nitrogen and oxygen atoms in total. The van der Waals surface area contributed by atoms with E-state index in [2.05, 4.69) is 51.6 Å². The first kappa shape index (κ1) is 38.6. The van der Waals surface area contributed by atoms with E-state index in [0.717, 1.165) is 77.6 Å². The number of aromatic nitrogens is 4. The lowest BCUT2D eigenvalue weighted by Gasteiger charge is -2.26. The summed E-state index contributed by atoms with van der Waals surface area (Å²) in [6.45, 7) is 15.0. The third-order valence-corrected chi connectivity index (χ3v) is 10.6. The minimum Gasteiger partial charge on any atom is -0.492 e. The van der Waals surface area contributed by atoms with Crippen LogP contribution in [0.2, 0.25) is 0 Å². The molecular weight excluding hydrogens is 733 g/mol. The molecule has 13 heteroatoms. The predicted molar refractivity (Wildman–Crippen MR) is 225 cm³/mol. The van der Waals surface area contributed by atoms with E-state index in [1.165, 1.54) is 0 Å². The average Bonchev–Trinajstić information content (AvgIpc) is 3.73. The van der Waals surface area contributed by atoms with E-state index >= 15 is 0 Å². The Morgan fingerprint density at radius 1 is 0.914 bits per heavy atom. The predicted octanol–water partition coefficient (Wildman–Crippen LogP) is 8.41. The summed E-state index contributed by atoms with van der Waals surface area (Å²) in [7, 11) is 0. The van der Waals surface area contributed by atoms with Crippen molar-refractivity contribution >= 4 is 45.7 Å². The maximum Gasteiger partial charge on any atom is 0.324 e. The number of nitrogens with one attached hydrogen (secondary N) is 3. The third kappa shape index (κ3) is 8.36. The van der Waals surface area contributed by atoms with Gasteiger partial charge in [-0.1, -0.05) is 51.1 Å². The lowest BCUT2D eigenvalue weighted by atomic mass is 9.86. The van der Waals surface area contributed by atoms with Crippen LogP contribution in [-0.4, -0.2) is 75.9 Å². The molecule has 3 N–H and O–H groups in total. The van der Waals surface area contributed by atoms with Crippen molar-refractivity contribution in [2.75, 3.05) is 55.4 Å². The number of ether oxygens (including phenoxy) is 3. The van der Waals surface area contributed by atoms with Crippen LogP contribution >= 0.6 is 0 Å². The highest BCUT2D eigenvalue weighted by molar-refractivity contribution is 6.07. The monoisotopic (exact) mass is 780 g/mol. The Labute approximate surface area is 337 Å². The van der Waals surface area contributed by atoms with E-state index in [1.54, 1.807) is 29.1 Å². The molecule has 0 saturated carbocycles. The Balaban J connectivity index is 0.956. The van der Waals surface area contributed by atoms with Crippen LogP contribution < -0.4 is 25.4 Å². The summed E-state index contributed by atoms with van der Waals surface area (Å²) < 4.78 is 19.5. The number of hydrogen-bond donors (Lipinski definition) is 3. The number of benzene rings is 4. The third-order valence-electron chi connectivity index (χ3n) is 10.6. The molecule has 58 heavy (non-hydrogen) atoms. The molecule has 3 heterocycles. The van der Waals surface area contributed by atoms with Crippen LogP contribution in [0.3, 0.4) is 0 Å². The fourth-order valence-electron chi connectivity index (χ4n) is 7.25. The molecule has 0 spiro atoms. The van der Waals surface area contributed by atoms with Crippen LogP contribution in [0.1, 0.15) is 51.4 Å². The summed E-state index contributed by atoms with van der Waals surface area (Å²) in [4.78, 5) is 37.5. The Hall–Kier alpha value is -6.31. The van der Waals surface area contributed by atoms with Crippen LogP contribution in [-0.2, 0) is 26.8 Å². The highest BCUT2D eigenvalue weighted by Crippen LogP contribution is 2.38. The van der Waals surface area contributed by atoms with Crippen molar-refractivity contribution in [1.82, 2.24) is 24.6 Å². The van der Waals surface area contributed by atoms with Crippen molar-refractivity contribution < 1.29 is 23.8 Å². The van der Waals surface area contributed by atoms with Crippen LogP contribution in [0.15, 0.2) is 97.2 Å². The van der Waals surface area contributed by atoms with Crippen molar-refractivity contribution in [2.45, 2.75) is 51.9 Å². The second-order valence-electron chi connectivity index (χ2n) is 16.2. The van der Waals surface area contributed by atoms with Crippen LogP contribution in [0.25, 0.3) is 16.5 Å². The van der Waals surface area contributed by atoms with Crippen LogP contribution in [0, 0.1) is 0 Å². The molecular formula is C45H48N8O5. The first-order valence-corrected chi connectivity index (χ1v) is 19.6. The van der Waals surface area contributed by atoms with E-state index in [4.69, 9.17) is 19.3 Å². The molecule has 2 amide bonds. The Kier molecular flexibility index (Phi) is 10.6. The number of ketones is 1. The van der Waals surface area contributed by atoms with Gasteiger partial charge in [-0.2, -0.15) is 10.1 Å². The van der Waals surface area contributed by atoms with Crippen molar-refractivity contribution in [3.8, 4) is 23.1 Å². The molecule has 2 aromatic heterocycles. The number of fused-ring (bicyclic) bond motifs is 2. The quantitative estimate of drug-likeness (QED) is 0.117. The van der Waals surface area contributed by atoms with Gasteiger partial charge in [0.15, 0.2) is 0 Å². The summed E-state index contributed by atoms with van der Waals surface area (Å²) in [5.41, 5.74) is 4.32. The number of urea groups is 1. The molecule has 2 aliphatic rings. The topological polar surface area (TPSA) is 145 Å². The number of morpholine rings is 1. The van der Waals surface area contributed by atoms with Gasteiger partial charge in [0.2, 0.25) is 11.8 Å². The van der Waals surface area contributed by atoms with Crippen molar-refractivity contribution in [3.05, 3.63) is 114 Å². The highest BCUT2D eigenvalue weighted by atomic mass is 16.5. The summed E-state index contributed by atoms with van der Waals surface area (Å²) in [6.07, 6.45) is 2.03. The van der Waals surface area contributed by atoms with Gasteiger partial charge in [0.1, 0.15) is 29.7 Å². The second kappa shape index (κ2) is 15.9. The lowest BCUT2D eigenvalue weighted by Crippen LogP contribution is -2.38. The lowest BCUT2D eigenvalue weighted by molar-refractivity contribution is -0.121. The standard InChI is InChI=1S/C45H48N8O5/c1-44(2,3)38-28-40(53(51-38)31-11-13-32(14-12-31)57-25-22-52-20-23-56-24-21-52)49-43(55)48-36-16-17-37(34-9-7-6-8-33(34)36)58-41-18-19-46-42(50-41)47-30-10-15-35-29(26-30)27-39(54)45(35,4)5/h6-19,26,28H,20-25,27H2,1-5H3,(H,46,47,50)(H2,48,49,55). The number of anilines is 4. The normalized spacial score (nSPS) is 15.2. The van der Waals surface area contributed by atoms with Crippen molar-refractivity contribution in [2.24, 2.45) is 0 Å². The van der Waals surface area contributed by atoms with E-state index in [0.29, 0.717) is 42.1 Å². The smallest absolute Gasteiger partial charge is 0.324 e. The number of carbonyl (C=O) groups is 2. The Bertz CT molecular complexity index is 2470. The van der Waals surface area contributed by atoms with E-state index in [9.17, 15) is 9.59 Å². The molecule has 1 saturated heterocycles. The number of hydrogen-bond acceptors (Lipinski definition) is 10. The van der Waals surface area contributed by atoms with Crippen molar-refractivity contribution in [1.29, 1.82) is 0 Å². The fraction of sp³-hybridized carbons (Fsp3) is 0.311. The molecule has 1 aliphatic carbocycles. The highest BCUT2D eigenvalue weighted by Gasteiger charge is 2.37. The zero-order valence-corrected chi connectivity index (χ0v) is 33.5. The molecule has 6 aromatic rings. The molecule has 0 unspecified atom stereocenters. The summed E-state index contributed by atoms with van der Waals surface area (Å²) in [5.74, 6) is 2.76. The van der Waals surface area contributed by atoms with Gasteiger partial charge in [-0.05, 0) is 73.5 Å². The molecule has 298 valence electrons. The number of amides is 2. The number of nitrogens with zero attached hydrogens (tertiary/aromatic N) is 5. The maximum absolute atomic E-state index is 13.7. The van der Waals surface area contributed by atoms with Crippen LogP contribution in [0.5, 0.6) is 17.4 Å². The average molecular weight is 781 g/mol. The van der Waals surface area contributed by atoms with Gasteiger partial charge in [0, 0.05) is 71.7 Å². The molecule has 0 bridgehead atoms. The second-order valence-corrected chi connectivity index (χ2v) is 16.2. The summed E-state index contributed by atoms with van der Waals surface area (Å²) >= 11 is 0. The molecule has 1 aliphatic heterocycles. The molecule has 8 rings (SSSR count). The first-order valence-electron chi connectivity index (χ1n) is 19.6. The van der Waals surface area contributed by atoms with Gasteiger partial charge in [0.25, 0.3) is 0 Å². The van der Waals surface area contributed by atoms with E-state index in [1.807, 2.05) is 86.6 Å². The zero-order valence-electron chi connectivity index (χ0n) is 33.5. The summed E-state index contributed by atoms with van der Waals surface area (Å²) in [6, 6.07) is 28.1. The van der Waals surface area contributed by atoms with Gasteiger partial charge in [-0.15, -0.1) is 0 Å². The maximum atomic E-state index is 13.7. The van der Waals surface area contributed by atoms with E-state index < -0.39 is 11.4 Å². The Morgan fingerprint density at radius 2 is 1.69 bits per heavy atom.